The van der Waals surface area contributed by atoms with Crippen molar-refractivity contribution in [3.05, 3.63) is 53.1 Å². The maximum atomic E-state index is 13.6. The van der Waals surface area contributed by atoms with Gasteiger partial charge in [0.2, 0.25) is 15.9 Å². The van der Waals surface area contributed by atoms with Gasteiger partial charge in [0.25, 0.3) is 0 Å². The van der Waals surface area contributed by atoms with E-state index < -0.39 is 21.4 Å². The Kier molecular flexibility index (Phi) is 7.09. The quantitative estimate of drug-likeness (QED) is 0.493. The maximum absolute atomic E-state index is 13.6. The lowest BCUT2D eigenvalue weighted by atomic mass is 9.89. The highest BCUT2D eigenvalue weighted by molar-refractivity contribution is 7.92. The van der Waals surface area contributed by atoms with Gasteiger partial charge in [0.1, 0.15) is 18.0 Å². The van der Waals surface area contributed by atoms with Crippen molar-refractivity contribution < 1.29 is 17.6 Å². The molecule has 1 fully saturated rings. The Bertz CT molecular complexity index is 1420. The molecule has 0 radical (unpaired) electrons. The van der Waals surface area contributed by atoms with Crippen LogP contribution in [0.15, 0.2) is 36.7 Å². The Morgan fingerprint density at radius 2 is 1.81 bits per heavy atom. The molecule has 9 nitrogen and oxygen atoms in total. The predicted molar refractivity (Wildman–Crippen MR) is 140 cm³/mol. The lowest BCUT2D eigenvalue weighted by molar-refractivity contribution is -0.131. The van der Waals surface area contributed by atoms with E-state index in [0.717, 1.165) is 11.8 Å². The third-order valence-electron chi connectivity index (χ3n) is 6.43. The van der Waals surface area contributed by atoms with Crippen LogP contribution < -0.4 is 10.0 Å². The molecule has 36 heavy (non-hydrogen) atoms. The first-order chi connectivity index (χ1) is 16.8. The minimum Gasteiger partial charge on any atom is -0.340 e. The summed E-state index contributed by atoms with van der Waals surface area (Å²) in [6, 6.07) is 7.77. The van der Waals surface area contributed by atoms with E-state index in [1.165, 1.54) is 24.5 Å². The van der Waals surface area contributed by atoms with Crippen molar-refractivity contribution in [2.45, 2.75) is 26.3 Å². The van der Waals surface area contributed by atoms with Gasteiger partial charge >= 0.3 is 0 Å². The van der Waals surface area contributed by atoms with E-state index in [4.69, 9.17) is 11.6 Å². The Morgan fingerprint density at radius 1 is 1.11 bits per heavy atom. The van der Waals surface area contributed by atoms with Crippen LogP contribution in [0.4, 0.5) is 21.6 Å². The lowest BCUT2D eigenvalue weighted by Crippen LogP contribution is -2.54. The Labute approximate surface area is 214 Å². The van der Waals surface area contributed by atoms with Crippen molar-refractivity contribution >= 4 is 55.6 Å². The molecule has 4 rings (SSSR count). The zero-order valence-corrected chi connectivity index (χ0v) is 22.0. The Morgan fingerprint density at radius 3 is 2.42 bits per heavy atom. The normalized spacial score (nSPS) is 15.2. The Balaban J connectivity index is 1.78. The van der Waals surface area contributed by atoms with E-state index >= 15 is 0 Å². The van der Waals surface area contributed by atoms with Crippen molar-refractivity contribution in [3.63, 3.8) is 0 Å². The fourth-order valence-electron chi connectivity index (χ4n) is 4.45. The minimum atomic E-state index is -3.60. The summed E-state index contributed by atoms with van der Waals surface area (Å²) in [5.41, 5.74) is 1.69. The van der Waals surface area contributed by atoms with Crippen LogP contribution in [0.3, 0.4) is 0 Å². The fraction of sp³-hybridized carbons (Fsp3) is 0.375. The number of aromatic nitrogens is 2. The molecule has 1 saturated heterocycles. The number of carbonyl (C=O) groups excluding carboxylic acids is 1. The number of sulfonamides is 1. The number of nitrogens with zero attached hydrogens (tertiary/aromatic N) is 4. The van der Waals surface area contributed by atoms with Crippen molar-refractivity contribution in [2.75, 3.05) is 42.5 Å². The number of nitrogens with one attached hydrogen (secondary N) is 2. The van der Waals surface area contributed by atoms with Gasteiger partial charge in [-0.3, -0.25) is 14.4 Å². The molecular formula is C24H28ClFN6O3S. The second kappa shape index (κ2) is 9.79. The molecule has 0 bridgehead atoms. The number of amides is 1. The molecule has 12 heteroatoms. The van der Waals surface area contributed by atoms with Gasteiger partial charge in [0.05, 0.1) is 22.5 Å². The van der Waals surface area contributed by atoms with Crippen LogP contribution in [-0.2, 0) is 20.4 Å². The summed E-state index contributed by atoms with van der Waals surface area (Å²) in [7, 11) is -3.60. The standard InChI is InChI=1S/C24H28ClFN6O3S/c1-15(33)31-7-9-32(10-8-31)24(2,3)18-13-21-17(12-22(18)30-36(4,34)35)23(28-14-27-21)29-16-5-6-20(26)19(25)11-16/h5-6,11-14,30H,7-10H2,1-4H3,(H,27,28,29). The van der Waals surface area contributed by atoms with Crippen molar-refractivity contribution in [3.8, 4) is 0 Å². The van der Waals surface area contributed by atoms with Crippen LogP contribution in [0.25, 0.3) is 10.9 Å². The summed E-state index contributed by atoms with van der Waals surface area (Å²) < 4.78 is 40.8. The number of piperazine rings is 1. The highest BCUT2D eigenvalue weighted by Crippen LogP contribution is 2.38. The smallest absolute Gasteiger partial charge is 0.229 e. The molecule has 1 aliphatic rings. The molecule has 192 valence electrons. The van der Waals surface area contributed by atoms with Crippen molar-refractivity contribution in [1.82, 2.24) is 19.8 Å². The number of benzene rings is 2. The van der Waals surface area contributed by atoms with E-state index in [9.17, 15) is 17.6 Å². The summed E-state index contributed by atoms with van der Waals surface area (Å²) in [6.07, 6.45) is 2.50. The van der Waals surface area contributed by atoms with Gasteiger partial charge in [-0.25, -0.2) is 22.8 Å². The lowest BCUT2D eigenvalue weighted by Gasteiger charge is -2.44. The number of fused-ring (bicyclic) bond motifs is 1. The van der Waals surface area contributed by atoms with Crippen molar-refractivity contribution in [2.24, 2.45) is 0 Å². The average Bonchev–Trinajstić information content (AvgIpc) is 2.80. The topological polar surface area (TPSA) is 108 Å². The first-order valence-corrected chi connectivity index (χ1v) is 13.6. The predicted octanol–water partition coefficient (Wildman–Crippen LogP) is 3.94. The van der Waals surface area contributed by atoms with E-state index in [1.54, 1.807) is 17.9 Å². The van der Waals surface area contributed by atoms with Gasteiger partial charge in [0.15, 0.2) is 0 Å². The average molecular weight is 535 g/mol. The molecule has 2 N–H and O–H groups in total. The summed E-state index contributed by atoms with van der Waals surface area (Å²) in [6.45, 7) is 8.08. The largest absolute Gasteiger partial charge is 0.340 e. The van der Waals surface area contributed by atoms with E-state index in [1.807, 2.05) is 19.9 Å². The summed E-state index contributed by atoms with van der Waals surface area (Å²) >= 11 is 5.92. The van der Waals surface area contributed by atoms with Crippen LogP contribution >= 0.6 is 11.6 Å². The fourth-order valence-corrected chi connectivity index (χ4v) is 5.20. The first-order valence-electron chi connectivity index (χ1n) is 11.3. The molecule has 0 atom stereocenters. The third-order valence-corrected chi connectivity index (χ3v) is 7.31. The molecule has 3 aromatic rings. The molecule has 2 aromatic carbocycles. The SMILES string of the molecule is CC(=O)N1CCN(C(C)(C)c2cc3ncnc(Nc4ccc(F)c(Cl)c4)c3cc2NS(C)(=O)=O)CC1. The first kappa shape index (κ1) is 26.1. The second-order valence-electron chi connectivity index (χ2n) is 9.32. The van der Waals surface area contributed by atoms with Gasteiger partial charge < -0.3 is 10.2 Å². The van der Waals surface area contributed by atoms with Crippen LogP contribution in [0.1, 0.15) is 26.3 Å². The number of halogens is 2. The van der Waals surface area contributed by atoms with Gasteiger partial charge in [0, 0.05) is 49.7 Å². The van der Waals surface area contributed by atoms with Gasteiger partial charge in [-0.15, -0.1) is 0 Å². The van der Waals surface area contributed by atoms with Crippen LogP contribution in [0.2, 0.25) is 5.02 Å². The highest BCUT2D eigenvalue weighted by atomic mass is 35.5. The van der Waals surface area contributed by atoms with Crippen molar-refractivity contribution in [1.29, 1.82) is 0 Å². The van der Waals surface area contributed by atoms with Gasteiger partial charge in [-0.05, 0) is 49.7 Å². The van der Waals surface area contributed by atoms with Gasteiger partial charge in [-0.2, -0.15) is 0 Å². The van der Waals surface area contributed by atoms with E-state index in [0.29, 0.717) is 54.3 Å². The molecule has 1 aromatic heterocycles. The van der Waals surface area contributed by atoms with Crippen LogP contribution in [-0.4, -0.2) is 66.5 Å². The zero-order chi connectivity index (χ0) is 26.3. The van der Waals surface area contributed by atoms with E-state index in [2.05, 4.69) is 24.9 Å². The molecule has 0 aliphatic carbocycles. The number of anilines is 3. The maximum Gasteiger partial charge on any atom is 0.229 e. The van der Waals surface area contributed by atoms with E-state index in [-0.39, 0.29) is 10.9 Å². The number of carbonyl (C=O) groups is 1. The molecule has 1 amide bonds. The molecule has 1 aliphatic heterocycles. The molecule has 2 heterocycles. The zero-order valence-electron chi connectivity index (χ0n) is 20.5. The second-order valence-corrected chi connectivity index (χ2v) is 11.5. The number of hydrogen-bond donors (Lipinski definition) is 2. The minimum absolute atomic E-state index is 0.0355. The highest BCUT2D eigenvalue weighted by Gasteiger charge is 2.34. The third kappa shape index (κ3) is 5.53. The van der Waals surface area contributed by atoms with Crippen LogP contribution in [0, 0.1) is 5.82 Å². The van der Waals surface area contributed by atoms with Gasteiger partial charge in [-0.1, -0.05) is 11.6 Å². The molecule has 0 spiro atoms. The van der Waals surface area contributed by atoms with Crippen LogP contribution in [0.5, 0.6) is 0 Å². The molecule has 0 unspecified atom stereocenters. The summed E-state index contributed by atoms with van der Waals surface area (Å²) in [5, 5.41) is 3.65. The molecular weight excluding hydrogens is 507 g/mol. The number of rotatable bonds is 6. The number of hydrogen-bond acceptors (Lipinski definition) is 7. The Hall–Kier alpha value is -3.02. The summed E-state index contributed by atoms with van der Waals surface area (Å²) in [4.78, 5) is 24.5. The summed E-state index contributed by atoms with van der Waals surface area (Å²) in [5.74, 6) is -0.0826. The molecule has 0 saturated carbocycles. The monoisotopic (exact) mass is 534 g/mol.